The molecule has 2 aromatic rings. The van der Waals surface area contributed by atoms with Gasteiger partial charge in [0.05, 0.1) is 12.7 Å². The fraction of sp³-hybridized carbons (Fsp3) is 0.565. The third kappa shape index (κ3) is 7.67. The average Bonchev–Trinajstić information content (AvgIpc) is 2.72. The summed E-state index contributed by atoms with van der Waals surface area (Å²) in [7, 11) is 0. The molecule has 1 aromatic heterocycles. The van der Waals surface area contributed by atoms with Crippen molar-refractivity contribution in [3.8, 4) is 17.1 Å². The summed E-state index contributed by atoms with van der Waals surface area (Å²) < 4.78 is 5.65. The molecule has 2 rings (SSSR count). The van der Waals surface area contributed by atoms with E-state index in [0.717, 1.165) is 23.1 Å². The molecular weight excluding hydrogens is 336 g/mol. The first kappa shape index (κ1) is 21.4. The molecule has 0 aliphatic heterocycles. The fourth-order valence-corrected chi connectivity index (χ4v) is 3.07. The molecule has 0 aliphatic carbocycles. The zero-order valence-electron chi connectivity index (χ0n) is 16.9. The van der Waals surface area contributed by atoms with E-state index in [4.69, 9.17) is 4.74 Å². The van der Waals surface area contributed by atoms with Crippen LogP contribution in [-0.2, 0) is 0 Å². The predicted octanol–water partition coefficient (Wildman–Crippen LogP) is 6.11. The van der Waals surface area contributed by atoms with Gasteiger partial charge in [-0.2, -0.15) is 0 Å². The van der Waals surface area contributed by atoms with E-state index in [1.807, 2.05) is 31.2 Å². The largest absolute Gasteiger partial charge is 0.463 e. The van der Waals surface area contributed by atoms with Gasteiger partial charge in [0.2, 0.25) is 0 Å². The summed E-state index contributed by atoms with van der Waals surface area (Å²) in [5.74, 6) is 0. The number of rotatable bonds is 13. The maximum Gasteiger partial charge on any atom is 0.316 e. The third-order valence-corrected chi connectivity index (χ3v) is 4.87. The van der Waals surface area contributed by atoms with Crippen LogP contribution in [-0.4, -0.2) is 21.7 Å². The highest BCUT2D eigenvalue weighted by atomic mass is 16.5. The zero-order chi connectivity index (χ0) is 19.3. The van der Waals surface area contributed by atoms with E-state index in [2.05, 4.69) is 16.9 Å². The van der Waals surface area contributed by atoms with Crippen LogP contribution in [0.5, 0.6) is 6.01 Å². The average molecular weight is 371 g/mol. The van der Waals surface area contributed by atoms with E-state index < -0.39 is 6.10 Å². The number of hydrogen-bond acceptors (Lipinski definition) is 4. The second-order valence-electron chi connectivity index (χ2n) is 7.12. The minimum absolute atomic E-state index is 0.401. The SMILES string of the molecule is CCCCCCCCCCOc1ncc(-c2ccc(C(O)CC)cc2)cn1. The highest BCUT2D eigenvalue weighted by Crippen LogP contribution is 2.23. The molecule has 0 radical (unpaired) electrons. The lowest BCUT2D eigenvalue weighted by molar-refractivity contribution is 0.173. The summed E-state index contributed by atoms with van der Waals surface area (Å²) in [6, 6.07) is 8.34. The van der Waals surface area contributed by atoms with Gasteiger partial charge in [0.1, 0.15) is 0 Å². The first-order valence-corrected chi connectivity index (χ1v) is 10.5. The number of aromatic nitrogens is 2. The molecule has 0 saturated heterocycles. The Kier molecular flexibility index (Phi) is 9.85. The maximum atomic E-state index is 9.87. The molecule has 4 nitrogen and oxygen atoms in total. The van der Waals surface area contributed by atoms with Gasteiger partial charge in [-0.1, -0.05) is 83.1 Å². The number of benzene rings is 1. The van der Waals surface area contributed by atoms with Crippen molar-refractivity contribution in [1.29, 1.82) is 0 Å². The highest BCUT2D eigenvalue weighted by molar-refractivity contribution is 5.61. The van der Waals surface area contributed by atoms with Gasteiger partial charge in [-0.25, -0.2) is 9.97 Å². The fourth-order valence-electron chi connectivity index (χ4n) is 3.07. The summed E-state index contributed by atoms with van der Waals surface area (Å²) in [5.41, 5.74) is 2.93. The van der Waals surface area contributed by atoms with Gasteiger partial charge < -0.3 is 9.84 Å². The number of aliphatic hydroxyl groups excluding tert-OH is 1. The standard InChI is InChI=1S/C23H34N2O2/c1-3-5-6-7-8-9-10-11-16-27-23-24-17-21(18-25-23)19-12-14-20(15-13-19)22(26)4-2/h12-15,17-18,22,26H,3-11,16H2,1-2H3. The summed E-state index contributed by atoms with van der Waals surface area (Å²) in [6.45, 7) is 4.90. The van der Waals surface area contributed by atoms with Crippen molar-refractivity contribution in [1.82, 2.24) is 9.97 Å². The van der Waals surface area contributed by atoms with Crippen LogP contribution in [0.4, 0.5) is 0 Å². The number of aliphatic hydroxyl groups is 1. The molecular formula is C23H34N2O2. The highest BCUT2D eigenvalue weighted by Gasteiger charge is 2.06. The third-order valence-electron chi connectivity index (χ3n) is 4.87. The van der Waals surface area contributed by atoms with E-state index >= 15 is 0 Å². The summed E-state index contributed by atoms with van der Waals surface area (Å²) in [6.07, 6.45) is 14.2. The Hall–Kier alpha value is -1.94. The quantitative estimate of drug-likeness (QED) is 0.432. The molecule has 0 fully saturated rings. The molecule has 1 unspecified atom stereocenters. The molecule has 0 aliphatic rings. The monoisotopic (exact) mass is 370 g/mol. The van der Waals surface area contributed by atoms with Crippen molar-refractivity contribution in [2.75, 3.05) is 6.61 Å². The molecule has 27 heavy (non-hydrogen) atoms. The van der Waals surface area contributed by atoms with Crippen molar-refractivity contribution in [2.45, 2.75) is 77.7 Å². The molecule has 1 N–H and O–H groups in total. The van der Waals surface area contributed by atoms with Crippen LogP contribution in [0.2, 0.25) is 0 Å². The molecule has 0 bridgehead atoms. The van der Waals surface area contributed by atoms with Gasteiger partial charge in [0, 0.05) is 18.0 Å². The Morgan fingerprint density at radius 2 is 1.41 bits per heavy atom. The normalized spacial score (nSPS) is 12.1. The zero-order valence-corrected chi connectivity index (χ0v) is 16.9. The van der Waals surface area contributed by atoms with Gasteiger partial charge >= 0.3 is 6.01 Å². The molecule has 1 aromatic carbocycles. The van der Waals surface area contributed by atoms with Crippen molar-refractivity contribution in [3.05, 3.63) is 42.2 Å². The molecule has 0 saturated carbocycles. The minimum atomic E-state index is -0.401. The summed E-state index contributed by atoms with van der Waals surface area (Å²) in [4.78, 5) is 8.63. The Morgan fingerprint density at radius 1 is 0.815 bits per heavy atom. The number of hydrogen-bond donors (Lipinski definition) is 1. The van der Waals surface area contributed by atoms with E-state index in [1.165, 1.54) is 44.9 Å². The smallest absolute Gasteiger partial charge is 0.316 e. The predicted molar refractivity (Wildman–Crippen MR) is 111 cm³/mol. The lowest BCUT2D eigenvalue weighted by Gasteiger charge is -2.09. The van der Waals surface area contributed by atoms with Gasteiger partial charge in [-0.3, -0.25) is 0 Å². The Labute approximate surface area is 164 Å². The van der Waals surface area contributed by atoms with Crippen LogP contribution in [0.25, 0.3) is 11.1 Å². The summed E-state index contributed by atoms with van der Waals surface area (Å²) >= 11 is 0. The van der Waals surface area contributed by atoms with Crippen molar-refractivity contribution >= 4 is 0 Å². The lowest BCUT2D eigenvalue weighted by atomic mass is 10.0. The minimum Gasteiger partial charge on any atom is -0.463 e. The van der Waals surface area contributed by atoms with E-state index in [9.17, 15) is 5.11 Å². The van der Waals surface area contributed by atoms with E-state index in [0.29, 0.717) is 19.0 Å². The Bertz CT molecular complexity index is 626. The second kappa shape index (κ2) is 12.4. The molecule has 1 atom stereocenters. The number of nitrogens with zero attached hydrogens (tertiary/aromatic N) is 2. The molecule has 0 spiro atoms. The van der Waals surface area contributed by atoms with E-state index in [-0.39, 0.29) is 0 Å². The van der Waals surface area contributed by atoms with Crippen LogP contribution in [0.1, 0.15) is 83.3 Å². The molecule has 1 heterocycles. The molecule has 4 heteroatoms. The molecule has 0 amide bonds. The van der Waals surface area contributed by atoms with Crippen LogP contribution in [0.15, 0.2) is 36.7 Å². The van der Waals surface area contributed by atoms with Gasteiger partial charge in [0.25, 0.3) is 0 Å². The molecule has 148 valence electrons. The lowest BCUT2D eigenvalue weighted by Crippen LogP contribution is -2.01. The number of unbranched alkanes of at least 4 members (excludes halogenated alkanes) is 7. The Balaban J connectivity index is 1.69. The first-order chi connectivity index (χ1) is 13.2. The van der Waals surface area contributed by atoms with Gasteiger partial charge in [-0.15, -0.1) is 0 Å². The van der Waals surface area contributed by atoms with Crippen LogP contribution < -0.4 is 4.74 Å². The number of ether oxygens (including phenoxy) is 1. The van der Waals surface area contributed by atoms with Crippen LogP contribution >= 0.6 is 0 Å². The topological polar surface area (TPSA) is 55.2 Å². The maximum absolute atomic E-state index is 9.87. The Morgan fingerprint density at radius 3 is 2.00 bits per heavy atom. The van der Waals surface area contributed by atoms with Gasteiger partial charge in [0.15, 0.2) is 0 Å². The second-order valence-corrected chi connectivity index (χ2v) is 7.12. The van der Waals surface area contributed by atoms with Crippen LogP contribution in [0.3, 0.4) is 0 Å². The van der Waals surface area contributed by atoms with Gasteiger partial charge in [-0.05, 0) is 24.0 Å². The van der Waals surface area contributed by atoms with Crippen molar-refractivity contribution in [2.24, 2.45) is 0 Å². The van der Waals surface area contributed by atoms with Crippen LogP contribution in [0, 0.1) is 0 Å². The first-order valence-electron chi connectivity index (χ1n) is 10.5. The van der Waals surface area contributed by atoms with Crippen molar-refractivity contribution < 1.29 is 9.84 Å². The summed E-state index contributed by atoms with van der Waals surface area (Å²) in [5, 5.41) is 9.87. The van der Waals surface area contributed by atoms with Crippen molar-refractivity contribution in [3.63, 3.8) is 0 Å². The van der Waals surface area contributed by atoms with E-state index in [1.54, 1.807) is 12.4 Å².